The quantitative estimate of drug-likeness (QED) is 0.847. The van der Waals surface area contributed by atoms with Crippen LogP contribution < -0.4 is 11.1 Å². The zero-order valence-electron chi connectivity index (χ0n) is 11.1. The lowest BCUT2D eigenvalue weighted by atomic mass is 10.1. The third-order valence-electron chi connectivity index (χ3n) is 2.68. The molecule has 0 saturated heterocycles. The highest BCUT2D eigenvalue weighted by Gasteiger charge is 2.13. The molecule has 1 amide bonds. The first-order chi connectivity index (χ1) is 9.70. The third kappa shape index (κ3) is 3.67. The van der Waals surface area contributed by atoms with Crippen LogP contribution in [0.1, 0.15) is 33.1 Å². The van der Waals surface area contributed by atoms with E-state index in [2.05, 4.69) is 22.1 Å². The molecule has 0 spiro atoms. The number of nitrogens with one attached hydrogen (secondary N) is 1. The van der Waals surface area contributed by atoms with Crippen LogP contribution in [0.25, 0.3) is 0 Å². The van der Waals surface area contributed by atoms with Gasteiger partial charge >= 0.3 is 0 Å². The number of hydrogen-bond acceptors (Lipinski definition) is 4. The van der Waals surface area contributed by atoms with E-state index in [-0.39, 0.29) is 11.9 Å². The number of aromatic nitrogens is 1. The van der Waals surface area contributed by atoms with E-state index < -0.39 is 0 Å². The van der Waals surface area contributed by atoms with Crippen molar-refractivity contribution in [3.63, 3.8) is 0 Å². The number of nitrogens with zero attached hydrogens (tertiary/aromatic N) is 1. The lowest BCUT2D eigenvalue weighted by Crippen LogP contribution is -2.25. The summed E-state index contributed by atoms with van der Waals surface area (Å²) in [6.45, 7) is 2.25. The number of pyridine rings is 1. The number of thiophene rings is 1. The first-order valence-corrected chi connectivity index (χ1v) is 7.02. The van der Waals surface area contributed by atoms with Crippen molar-refractivity contribution in [1.82, 2.24) is 10.3 Å². The van der Waals surface area contributed by atoms with E-state index in [1.165, 1.54) is 11.3 Å². The van der Waals surface area contributed by atoms with Crippen LogP contribution in [0.5, 0.6) is 0 Å². The first-order valence-electron chi connectivity index (χ1n) is 6.20. The fourth-order valence-electron chi connectivity index (χ4n) is 1.65. The summed E-state index contributed by atoms with van der Waals surface area (Å²) in [6, 6.07) is 7.30. The van der Waals surface area contributed by atoms with Crippen molar-refractivity contribution in [2.45, 2.75) is 13.0 Å². The number of nitrogens with two attached hydrogens (primary N) is 1. The van der Waals surface area contributed by atoms with Gasteiger partial charge in [0.2, 0.25) is 0 Å². The molecule has 1 unspecified atom stereocenters. The minimum Gasteiger partial charge on any atom is -0.345 e. The normalized spacial score (nSPS) is 11.3. The van der Waals surface area contributed by atoms with Crippen LogP contribution in [-0.4, -0.2) is 17.4 Å². The molecule has 4 nitrogen and oxygen atoms in total. The molecular formula is C15H15N3OS. The summed E-state index contributed by atoms with van der Waals surface area (Å²) >= 11 is 1.36. The molecule has 2 heterocycles. The molecule has 102 valence electrons. The zero-order valence-corrected chi connectivity index (χ0v) is 11.9. The largest absolute Gasteiger partial charge is 0.345 e. The van der Waals surface area contributed by atoms with E-state index in [9.17, 15) is 4.79 Å². The van der Waals surface area contributed by atoms with Crippen molar-refractivity contribution in [2.75, 3.05) is 6.54 Å². The average molecular weight is 285 g/mol. The van der Waals surface area contributed by atoms with Crippen molar-refractivity contribution in [3.8, 4) is 11.8 Å². The van der Waals surface area contributed by atoms with Gasteiger partial charge in [0, 0.05) is 12.4 Å². The summed E-state index contributed by atoms with van der Waals surface area (Å²) in [5, 5.41) is 2.94. The molecule has 0 bridgehead atoms. The minimum atomic E-state index is -0.104. The van der Waals surface area contributed by atoms with Crippen LogP contribution in [0, 0.1) is 11.8 Å². The SMILES string of the molecule is CC(NC(=O)c1ccc(C#CCN)s1)c1cccnc1. The number of carbonyl (C=O) groups excluding carboxylic acids is 1. The van der Waals surface area contributed by atoms with Gasteiger partial charge in [0.15, 0.2) is 0 Å². The molecule has 3 N–H and O–H groups in total. The molecule has 0 aliphatic rings. The van der Waals surface area contributed by atoms with Crippen LogP contribution in [-0.2, 0) is 0 Å². The summed E-state index contributed by atoms with van der Waals surface area (Å²) in [4.78, 5) is 17.6. The average Bonchev–Trinajstić information content (AvgIpc) is 2.95. The van der Waals surface area contributed by atoms with E-state index in [0.717, 1.165) is 10.4 Å². The molecular weight excluding hydrogens is 270 g/mol. The van der Waals surface area contributed by atoms with E-state index in [1.807, 2.05) is 25.1 Å². The van der Waals surface area contributed by atoms with Gasteiger partial charge < -0.3 is 11.1 Å². The van der Waals surface area contributed by atoms with Gasteiger partial charge in [-0.3, -0.25) is 9.78 Å². The van der Waals surface area contributed by atoms with Crippen LogP contribution >= 0.6 is 11.3 Å². The molecule has 0 aromatic carbocycles. The van der Waals surface area contributed by atoms with E-state index in [4.69, 9.17) is 5.73 Å². The Balaban J connectivity index is 2.03. The summed E-state index contributed by atoms with van der Waals surface area (Å²) in [5.74, 6) is 5.59. The van der Waals surface area contributed by atoms with Gasteiger partial charge in [0.25, 0.3) is 5.91 Å². The van der Waals surface area contributed by atoms with Crippen molar-refractivity contribution in [2.24, 2.45) is 5.73 Å². The van der Waals surface area contributed by atoms with Crippen LogP contribution in [0.15, 0.2) is 36.7 Å². The van der Waals surface area contributed by atoms with Crippen LogP contribution in [0.2, 0.25) is 0 Å². The second kappa shape index (κ2) is 6.85. The van der Waals surface area contributed by atoms with Crippen molar-refractivity contribution in [1.29, 1.82) is 0 Å². The Morgan fingerprint density at radius 2 is 2.35 bits per heavy atom. The Kier molecular flexibility index (Phi) is 4.88. The first kappa shape index (κ1) is 14.3. The van der Waals surface area contributed by atoms with Gasteiger partial charge in [-0.15, -0.1) is 11.3 Å². The second-order valence-electron chi connectivity index (χ2n) is 4.15. The molecule has 20 heavy (non-hydrogen) atoms. The maximum Gasteiger partial charge on any atom is 0.261 e. The van der Waals surface area contributed by atoms with Gasteiger partial charge in [-0.2, -0.15) is 0 Å². The van der Waals surface area contributed by atoms with Crippen molar-refractivity contribution in [3.05, 3.63) is 52.0 Å². The van der Waals surface area contributed by atoms with E-state index in [1.54, 1.807) is 18.5 Å². The Labute approximate surface area is 122 Å². The predicted octanol–water partition coefficient (Wildman–Crippen LogP) is 1.94. The third-order valence-corrected chi connectivity index (χ3v) is 3.67. The lowest BCUT2D eigenvalue weighted by molar-refractivity contribution is 0.0944. The second-order valence-corrected chi connectivity index (χ2v) is 5.24. The van der Waals surface area contributed by atoms with Crippen molar-refractivity contribution >= 4 is 17.2 Å². The monoisotopic (exact) mass is 285 g/mol. The highest BCUT2D eigenvalue weighted by Crippen LogP contribution is 2.17. The highest BCUT2D eigenvalue weighted by molar-refractivity contribution is 7.14. The Hall–Kier alpha value is -2.16. The van der Waals surface area contributed by atoms with Crippen LogP contribution in [0.4, 0.5) is 0 Å². The molecule has 0 aliphatic carbocycles. The molecule has 2 rings (SSSR count). The maximum absolute atomic E-state index is 12.1. The smallest absolute Gasteiger partial charge is 0.261 e. The van der Waals surface area contributed by atoms with E-state index >= 15 is 0 Å². The Bertz CT molecular complexity index is 640. The fraction of sp³-hybridized carbons (Fsp3) is 0.200. The number of hydrogen-bond donors (Lipinski definition) is 2. The molecule has 2 aromatic rings. The molecule has 0 aliphatic heterocycles. The highest BCUT2D eigenvalue weighted by atomic mass is 32.1. The summed E-state index contributed by atoms with van der Waals surface area (Å²) in [7, 11) is 0. The number of rotatable bonds is 3. The van der Waals surface area contributed by atoms with Crippen molar-refractivity contribution < 1.29 is 4.79 Å². The number of carbonyl (C=O) groups is 1. The van der Waals surface area contributed by atoms with E-state index in [0.29, 0.717) is 11.4 Å². The molecule has 0 fully saturated rings. The van der Waals surface area contributed by atoms with Gasteiger partial charge in [0.1, 0.15) is 0 Å². The van der Waals surface area contributed by atoms with Gasteiger partial charge in [0.05, 0.1) is 22.3 Å². The minimum absolute atomic E-state index is 0.0862. The summed E-state index contributed by atoms with van der Waals surface area (Å²) < 4.78 is 0. The molecule has 1 atom stereocenters. The zero-order chi connectivity index (χ0) is 14.4. The van der Waals surface area contributed by atoms with Crippen LogP contribution in [0.3, 0.4) is 0 Å². The van der Waals surface area contributed by atoms with Gasteiger partial charge in [-0.1, -0.05) is 17.9 Å². The summed E-state index contributed by atoms with van der Waals surface area (Å²) in [6.07, 6.45) is 3.46. The predicted molar refractivity (Wildman–Crippen MR) is 80.4 cm³/mol. The lowest BCUT2D eigenvalue weighted by Gasteiger charge is -2.12. The standard InChI is InChI=1S/C15H15N3OS/c1-11(12-4-3-9-17-10-12)18-15(19)14-7-6-13(20-14)5-2-8-16/h3-4,6-7,9-11H,8,16H2,1H3,(H,18,19). The van der Waals surface area contributed by atoms with Gasteiger partial charge in [-0.25, -0.2) is 0 Å². The fourth-order valence-corrected chi connectivity index (χ4v) is 2.43. The van der Waals surface area contributed by atoms with Gasteiger partial charge in [-0.05, 0) is 30.7 Å². The molecule has 0 radical (unpaired) electrons. The topological polar surface area (TPSA) is 68.0 Å². The molecule has 0 saturated carbocycles. The molecule has 5 heteroatoms. The molecule has 2 aromatic heterocycles. The summed E-state index contributed by atoms with van der Waals surface area (Å²) in [5.41, 5.74) is 6.29. The maximum atomic E-state index is 12.1. The Morgan fingerprint density at radius 3 is 3.05 bits per heavy atom. The number of amides is 1. The Morgan fingerprint density at radius 1 is 1.50 bits per heavy atom.